The maximum absolute atomic E-state index is 13.4. The second-order valence-electron chi connectivity index (χ2n) is 8.86. The van der Waals surface area contributed by atoms with Gasteiger partial charge in [0.05, 0.1) is 6.04 Å². The minimum absolute atomic E-state index is 0.160. The fourth-order valence-corrected chi connectivity index (χ4v) is 4.75. The van der Waals surface area contributed by atoms with Gasteiger partial charge in [0.2, 0.25) is 0 Å². The zero-order chi connectivity index (χ0) is 22.9. The van der Waals surface area contributed by atoms with Crippen molar-refractivity contribution in [1.29, 1.82) is 5.41 Å². The Morgan fingerprint density at radius 1 is 1.24 bits per heavy atom. The number of hydrogen-bond acceptors (Lipinski definition) is 9. The third-order valence-corrected chi connectivity index (χ3v) is 6.47. The van der Waals surface area contributed by atoms with Crippen LogP contribution in [0, 0.1) is 12.3 Å². The number of pyridine rings is 1. The monoisotopic (exact) mass is 448 g/mol. The lowest BCUT2D eigenvalue weighted by Gasteiger charge is -2.36. The quantitative estimate of drug-likeness (QED) is 0.551. The van der Waals surface area contributed by atoms with Crippen molar-refractivity contribution in [2.24, 2.45) is 5.73 Å². The molecule has 5 heterocycles. The first-order valence-electron chi connectivity index (χ1n) is 11.4. The number of anilines is 1. The van der Waals surface area contributed by atoms with Crippen LogP contribution in [0.3, 0.4) is 0 Å². The molecule has 1 amide bonds. The highest BCUT2D eigenvalue weighted by atomic mass is 16.2. The van der Waals surface area contributed by atoms with E-state index in [0.717, 1.165) is 50.2 Å². The van der Waals surface area contributed by atoms with Crippen molar-refractivity contribution in [3.05, 3.63) is 41.5 Å². The SMILES string of the molecule is Cc1cnc(CC(=N)C2CCCCN2C(=O)c2cccc3nnnn23)nc1N1CCC(N)C1. The number of carbonyl (C=O) groups is 1. The van der Waals surface area contributed by atoms with E-state index in [1.165, 1.54) is 4.52 Å². The summed E-state index contributed by atoms with van der Waals surface area (Å²) in [6.07, 6.45) is 5.68. The maximum Gasteiger partial charge on any atom is 0.273 e. The lowest BCUT2D eigenvalue weighted by Crippen LogP contribution is -2.48. The molecule has 3 aromatic rings. The van der Waals surface area contributed by atoms with Crippen molar-refractivity contribution < 1.29 is 4.79 Å². The summed E-state index contributed by atoms with van der Waals surface area (Å²) in [6, 6.07) is 5.11. The highest BCUT2D eigenvalue weighted by Gasteiger charge is 2.32. The number of rotatable bonds is 5. The number of nitrogens with zero attached hydrogens (tertiary/aromatic N) is 8. The fraction of sp³-hybridized carbons (Fsp3) is 0.500. The number of carbonyl (C=O) groups excluding carboxylic acids is 1. The molecule has 0 radical (unpaired) electrons. The zero-order valence-corrected chi connectivity index (χ0v) is 18.7. The Hall–Kier alpha value is -3.47. The number of aryl methyl sites for hydroxylation is 1. The smallest absolute Gasteiger partial charge is 0.273 e. The molecule has 2 fully saturated rings. The van der Waals surface area contributed by atoms with Gasteiger partial charge >= 0.3 is 0 Å². The van der Waals surface area contributed by atoms with E-state index in [9.17, 15) is 4.79 Å². The van der Waals surface area contributed by atoms with E-state index >= 15 is 0 Å². The standard InChI is InChI=1S/C22H28N10O/c1-14-12-25-19(26-21(14)30-10-8-15(23)13-30)11-16(24)17-5-2-3-9-31(17)22(33)18-6-4-7-20-27-28-29-32(18)20/h4,6-7,12,15,17,24H,2-3,5,8-11,13,23H2,1H3. The second-order valence-corrected chi connectivity index (χ2v) is 8.86. The van der Waals surface area contributed by atoms with Gasteiger partial charge in [0.1, 0.15) is 17.3 Å². The molecular weight excluding hydrogens is 420 g/mol. The van der Waals surface area contributed by atoms with Crippen LogP contribution in [0.15, 0.2) is 24.4 Å². The molecule has 0 spiro atoms. The summed E-state index contributed by atoms with van der Waals surface area (Å²) in [7, 11) is 0. The van der Waals surface area contributed by atoms with E-state index in [1.54, 1.807) is 23.1 Å². The number of hydrogen-bond donors (Lipinski definition) is 2. The van der Waals surface area contributed by atoms with Crippen molar-refractivity contribution in [1.82, 2.24) is 34.9 Å². The van der Waals surface area contributed by atoms with Gasteiger partial charge in [0.15, 0.2) is 5.65 Å². The van der Waals surface area contributed by atoms with E-state index in [-0.39, 0.29) is 18.0 Å². The molecular formula is C22H28N10O. The Labute approximate surface area is 191 Å². The predicted octanol–water partition coefficient (Wildman–Crippen LogP) is 1.02. The summed E-state index contributed by atoms with van der Waals surface area (Å²) in [6.45, 7) is 4.25. The van der Waals surface area contributed by atoms with Gasteiger partial charge in [-0.05, 0) is 55.2 Å². The highest BCUT2D eigenvalue weighted by Crippen LogP contribution is 2.24. The van der Waals surface area contributed by atoms with Crippen LogP contribution in [0.4, 0.5) is 5.82 Å². The maximum atomic E-state index is 13.4. The summed E-state index contributed by atoms with van der Waals surface area (Å²) in [5.74, 6) is 1.32. The Morgan fingerprint density at radius 3 is 2.94 bits per heavy atom. The molecule has 3 aromatic heterocycles. The van der Waals surface area contributed by atoms with Gasteiger partial charge in [-0.25, -0.2) is 9.97 Å². The molecule has 0 aromatic carbocycles. The van der Waals surface area contributed by atoms with Crippen LogP contribution in [0.5, 0.6) is 0 Å². The molecule has 5 rings (SSSR count). The van der Waals surface area contributed by atoms with Crippen LogP contribution in [-0.4, -0.2) is 78.2 Å². The van der Waals surface area contributed by atoms with Gasteiger partial charge in [-0.15, -0.1) is 5.10 Å². The molecule has 2 unspecified atom stereocenters. The molecule has 0 saturated carbocycles. The molecule has 0 aliphatic carbocycles. The number of amides is 1. The predicted molar refractivity (Wildman–Crippen MR) is 122 cm³/mol. The van der Waals surface area contributed by atoms with Gasteiger partial charge in [-0.1, -0.05) is 6.07 Å². The number of nitrogens with one attached hydrogen (secondary N) is 1. The molecule has 0 bridgehead atoms. The first kappa shape index (κ1) is 21.4. The summed E-state index contributed by atoms with van der Waals surface area (Å²) < 4.78 is 1.45. The van der Waals surface area contributed by atoms with E-state index in [4.69, 9.17) is 16.1 Å². The average Bonchev–Trinajstić information content (AvgIpc) is 3.48. The summed E-state index contributed by atoms with van der Waals surface area (Å²) in [5.41, 5.74) is 8.44. The molecule has 2 saturated heterocycles. The number of likely N-dealkylation sites (tertiary alicyclic amines) is 1. The van der Waals surface area contributed by atoms with Crippen LogP contribution < -0.4 is 10.6 Å². The second kappa shape index (κ2) is 8.81. The Kier molecular flexibility index (Phi) is 5.71. The molecule has 2 aliphatic heterocycles. The molecule has 3 N–H and O–H groups in total. The van der Waals surface area contributed by atoms with Crippen molar-refractivity contribution in [2.45, 2.75) is 51.1 Å². The Bertz CT molecular complexity index is 1190. The van der Waals surface area contributed by atoms with Crippen molar-refractivity contribution >= 4 is 23.1 Å². The lowest BCUT2D eigenvalue weighted by molar-refractivity contribution is 0.0669. The zero-order valence-electron chi connectivity index (χ0n) is 18.7. The first-order chi connectivity index (χ1) is 16.0. The fourth-order valence-electron chi connectivity index (χ4n) is 4.75. The van der Waals surface area contributed by atoms with Crippen molar-refractivity contribution in [3.63, 3.8) is 0 Å². The minimum Gasteiger partial charge on any atom is -0.355 e. The highest BCUT2D eigenvalue weighted by molar-refractivity contribution is 5.98. The Morgan fingerprint density at radius 2 is 2.12 bits per heavy atom. The lowest BCUT2D eigenvalue weighted by atomic mass is 9.95. The molecule has 172 valence electrons. The summed E-state index contributed by atoms with van der Waals surface area (Å²) in [5, 5.41) is 20.4. The molecule has 2 aliphatic rings. The summed E-state index contributed by atoms with van der Waals surface area (Å²) in [4.78, 5) is 26.7. The van der Waals surface area contributed by atoms with Crippen LogP contribution in [0.2, 0.25) is 0 Å². The number of aromatic nitrogens is 6. The van der Waals surface area contributed by atoms with Crippen LogP contribution >= 0.6 is 0 Å². The van der Waals surface area contributed by atoms with Gasteiger partial charge in [-0.3, -0.25) is 4.79 Å². The molecule has 11 heteroatoms. The third-order valence-electron chi connectivity index (χ3n) is 6.47. The van der Waals surface area contributed by atoms with Crippen LogP contribution in [-0.2, 0) is 6.42 Å². The van der Waals surface area contributed by atoms with Crippen LogP contribution in [0.25, 0.3) is 5.65 Å². The average molecular weight is 449 g/mol. The van der Waals surface area contributed by atoms with E-state index < -0.39 is 0 Å². The van der Waals surface area contributed by atoms with Crippen LogP contribution in [0.1, 0.15) is 47.6 Å². The van der Waals surface area contributed by atoms with E-state index in [2.05, 4.69) is 25.4 Å². The van der Waals surface area contributed by atoms with E-state index in [0.29, 0.717) is 35.8 Å². The summed E-state index contributed by atoms with van der Waals surface area (Å²) >= 11 is 0. The molecule has 11 nitrogen and oxygen atoms in total. The largest absolute Gasteiger partial charge is 0.355 e. The normalized spacial score (nSPS) is 21.0. The number of piperidine rings is 1. The van der Waals surface area contributed by atoms with E-state index in [1.807, 2.05) is 13.1 Å². The molecule has 33 heavy (non-hydrogen) atoms. The van der Waals surface area contributed by atoms with Gasteiger partial charge < -0.3 is 20.9 Å². The number of tetrazole rings is 1. The van der Waals surface area contributed by atoms with Gasteiger partial charge in [0.25, 0.3) is 5.91 Å². The first-order valence-corrected chi connectivity index (χ1v) is 11.4. The van der Waals surface area contributed by atoms with Crippen molar-refractivity contribution in [2.75, 3.05) is 24.5 Å². The molecule has 2 atom stereocenters. The van der Waals surface area contributed by atoms with Gasteiger partial charge in [0, 0.05) is 49.6 Å². The topological polar surface area (TPSA) is 142 Å². The van der Waals surface area contributed by atoms with Gasteiger partial charge in [-0.2, -0.15) is 4.52 Å². The minimum atomic E-state index is -0.299. The number of fused-ring (bicyclic) bond motifs is 1. The Balaban J connectivity index is 1.36. The number of nitrogens with two attached hydrogens (primary N) is 1. The third kappa shape index (κ3) is 4.15. The van der Waals surface area contributed by atoms with Crippen molar-refractivity contribution in [3.8, 4) is 0 Å².